The topological polar surface area (TPSA) is 55.1 Å². The van der Waals surface area contributed by atoms with E-state index in [1.807, 2.05) is 20.8 Å². The summed E-state index contributed by atoms with van der Waals surface area (Å²) in [5.41, 5.74) is 5.07. The van der Waals surface area contributed by atoms with Gasteiger partial charge in [0, 0.05) is 12.0 Å². The van der Waals surface area contributed by atoms with Gasteiger partial charge < -0.3 is 11.1 Å². The summed E-state index contributed by atoms with van der Waals surface area (Å²) in [6.07, 6.45) is 2.36. The fraction of sp³-hybridized carbons (Fsp3) is 0.800. The van der Waals surface area contributed by atoms with E-state index in [0.717, 1.165) is 12.8 Å². The van der Waals surface area contributed by atoms with Gasteiger partial charge in [-0.05, 0) is 19.3 Å². The Morgan fingerprint density at radius 3 is 2.50 bits per heavy atom. The van der Waals surface area contributed by atoms with E-state index in [-0.39, 0.29) is 11.3 Å². The van der Waals surface area contributed by atoms with Crippen molar-refractivity contribution in [3.63, 3.8) is 0 Å². The molecule has 0 rings (SSSR count). The molecular formula is C10H20N2OS. The van der Waals surface area contributed by atoms with Crippen LogP contribution in [0.3, 0.4) is 0 Å². The van der Waals surface area contributed by atoms with Gasteiger partial charge in [0.2, 0.25) is 5.91 Å². The molecule has 1 amide bonds. The summed E-state index contributed by atoms with van der Waals surface area (Å²) < 4.78 is 0. The second kappa shape index (κ2) is 5.96. The fourth-order valence-corrected chi connectivity index (χ4v) is 1.01. The number of carbonyl (C=O) groups excluding carboxylic acids is 1. The zero-order valence-electron chi connectivity index (χ0n) is 9.22. The highest BCUT2D eigenvalue weighted by atomic mass is 32.1. The van der Waals surface area contributed by atoms with Crippen molar-refractivity contribution in [3.8, 4) is 0 Å². The summed E-state index contributed by atoms with van der Waals surface area (Å²) in [5, 5.41) is 2.88. The van der Waals surface area contributed by atoms with Crippen LogP contribution in [-0.4, -0.2) is 17.4 Å². The molecule has 14 heavy (non-hydrogen) atoms. The van der Waals surface area contributed by atoms with E-state index in [2.05, 4.69) is 5.32 Å². The highest BCUT2D eigenvalue weighted by molar-refractivity contribution is 7.80. The second-order valence-electron chi connectivity index (χ2n) is 4.06. The number of thiocarbonyl (C=S) groups is 1. The molecule has 0 saturated heterocycles. The number of amides is 1. The number of rotatable bonds is 6. The standard InChI is InChI=1S/C10H20N2OS/c1-4-10(2,3)9(13)12-7-5-6-8(11)14/h4-7H2,1-3H3,(H2,11,14)(H,12,13). The van der Waals surface area contributed by atoms with Crippen molar-refractivity contribution in [2.45, 2.75) is 40.0 Å². The molecule has 0 aliphatic rings. The van der Waals surface area contributed by atoms with Gasteiger partial charge in [-0.25, -0.2) is 0 Å². The molecule has 0 aliphatic heterocycles. The van der Waals surface area contributed by atoms with Crippen LogP contribution in [0.25, 0.3) is 0 Å². The number of hydrogen-bond donors (Lipinski definition) is 2. The first-order valence-corrected chi connectivity index (χ1v) is 5.37. The van der Waals surface area contributed by atoms with Crippen molar-refractivity contribution in [2.24, 2.45) is 11.1 Å². The van der Waals surface area contributed by atoms with Crippen LogP contribution in [-0.2, 0) is 4.79 Å². The number of nitrogens with two attached hydrogens (primary N) is 1. The Morgan fingerprint density at radius 1 is 1.50 bits per heavy atom. The average molecular weight is 216 g/mol. The van der Waals surface area contributed by atoms with Gasteiger partial charge in [-0.15, -0.1) is 0 Å². The highest BCUT2D eigenvalue weighted by Gasteiger charge is 2.24. The lowest BCUT2D eigenvalue weighted by molar-refractivity contribution is -0.129. The zero-order chi connectivity index (χ0) is 11.2. The smallest absolute Gasteiger partial charge is 0.225 e. The predicted molar refractivity (Wildman–Crippen MR) is 63.1 cm³/mol. The van der Waals surface area contributed by atoms with E-state index in [1.165, 1.54) is 0 Å². The minimum atomic E-state index is -0.275. The van der Waals surface area contributed by atoms with Crippen molar-refractivity contribution in [1.82, 2.24) is 5.32 Å². The lowest BCUT2D eigenvalue weighted by atomic mass is 9.89. The van der Waals surface area contributed by atoms with Crippen LogP contribution >= 0.6 is 12.2 Å². The van der Waals surface area contributed by atoms with E-state index in [4.69, 9.17) is 18.0 Å². The summed E-state index contributed by atoms with van der Waals surface area (Å²) in [6, 6.07) is 0. The summed E-state index contributed by atoms with van der Waals surface area (Å²) in [5.74, 6) is 0.0999. The van der Waals surface area contributed by atoms with Crippen LogP contribution in [0.1, 0.15) is 40.0 Å². The quantitative estimate of drug-likeness (QED) is 0.524. The number of nitrogens with one attached hydrogen (secondary N) is 1. The Labute approximate surface area is 91.4 Å². The SMILES string of the molecule is CCC(C)(C)C(=O)NCCCC(N)=S. The first-order chi connectivity index (χ1) is 6.40. The van der Waals surface area contributed by atoms with Gasteiger partial charge >= 0.3 is 0 Å². The fourth-order valence-electron chi connectivity index (χ4n) is 0.864. The highest BCUT2D eigenvalue weighted by Crippen LogP contribution is 2.19. The second-order valence-corrected chi connectivity index (χ2v) is 4.59. The van der Waals surface area contributed by atoms with Crippen molar-refractivity contribution in [1.29, 1.82) is 0 Å². The van der Waals surface area contributed by atoms with Crippen LogP contribution in [0.15, 0.2) is 0 Å². The average Bonchev–Trinajstić information content (AvgIpc) is 2.11. The van der Waals surface area contributed by atoms with Gasteiger partial charge in [0.1, 0.15) is 0 Å². The minimum absolute atomic E-state index is 0.0999. The minimum Gasteiger partial charge on any atom is -0.393 e. The van der Waals surface area contributed by atoms with Crippen LogP contribution in [0.4, 0.5) is 0 Å². The number of carbonyl (C=O) groups is 1. The molecule has 0 fully saturated rings. The van der Waals surface area contributed by atoms with E-state index in [1.54, 1.807) is 0 Å². The molecule has 4 heteroatoms. The molecule has 0 aromatic rings. The van der Waals surface area contributed by atoms with Crippen molar-refractivity contribution in [2.75, 3.05) is 6.54 Å². The third-order valence-electron chi connectivity index (χ3n) is 2.38. The Bertz CT molecular complexity index is 214. The van der Waals surface area contributed by atoms with Gasteiger partial charge in [-0.3, -0.25) is 4.79 Å². The van der Waals surface area contributed by atoms with Crippen LogP contribution in [0, 0.1) is 5.41 Å². The molecular weight excluding hydrogens is 196 g/mol. The predicted octanol–water partition coefficient (Wildman–Crippen LogP) is 1.61. The van der Waals surface area contributed by atoms with Crippen LogP contribution in [0.2, 0.25) is 0 Å². The lowest BCUT2D eigenvalue weighted by Gasteiger charge is -2.21. The summed E-state index contributed by atoms with van der Waals surface area (Å²) in [6.45, 7) is 6.54. The van der Waals surface area contributed by atoms with Gasteiger partial charge in [-0.2, -0.15) is 0 Å². The maximum absolute atomic E-state index is 11.6. The molecule has 3 nitrogen and oxygen atoms in total. The van der Waals surface area contributed by atoms with E-state index >= 15 is 0 Å². The van der Waals surface area contributed by atoms with Crippen LogP contribution in [0.5, 0.6) is 0 Å². The Hall–Kier alpha value is -0.640. The summed E-state index contributed by atoms with van der Waals surface area (Å²) in [4.78, 5) is 12.1. The molecule has 82 valence electrons. The first kappa shape index (κ1) is 13.4. The van der Waals surface area contributed by atoms with E-state index in [9.17, 15) is 4.79 Å². The Morgan fingerprint density at radius 2 is 2.07 bits per heavy atom. The normalized spacial score (nSPS) is 11.1. The molecule has 0 atom stereocenters. The van der Waals surface area contributed by atoms with Crippen molar-refractivity contribution in [3.05, 3.63) is 0 Å². The molecule has 0 saturated carbocycles. The maximum atomic E-state index is 11.6. The van der Waals surface area contributed by atoms with E-state index in [0.29, 0.717) is 18.0 Å². The largest absolute Gasteiger partial charge is 0.393 e. The molecule has 0 unspecified atom stereocenters. The molecule has 0 bridgehead atoms. The Kier molecular flexibility index (Phi) is 5.69. The van der Waals surface area contributed by atoms with Gasteiger partial charge in [0.05, 0.1) is 4.99 Å². The molecule has 0 heterocycles. The molecule has 0 radical (unpaired) electrons. The third-order valence-corrected chi connectivity index (χ3v) is 2.59. The first-order valence-electron chi connectivity index (χ1n) is 4.96. The van der Waals surface area contributed by atoms with Gasteiger partial charge in [0.15, 0.2) is 0 Å². The summed E-state index contributed by atoms with van der Waals surface area (Å²) in [7, 11) is 0. The third kappa shape index (κ3) is 5.17. The number of hydrogen-bond acceptors (Lipinski definition) is 2. The zero-order valence-corrected chi connectivity index (χ0v) is 10.0. The molecule has 0 spiro atoms. The summed E-state index contributed by atoms with van der Waals surface area (Å²) >= 11 is 4.74. The molecule has 0 aliphatic carbocycles. The van der Waals surface area contributed by atoms with Gasteiger partial charge in [-0.1, -0.05) is 33.0 Å². The molecule has 0 aromatic heterocycles. The monoisotopic (exact) mass is 216 g/mol. The van der Waals surface area contributed by atoms with Crippen LogP contribution < -0.4 is 11.1 Å². The lowest BCUT2D eigenvalue weighted by Crippen LogP contribution is -2.37. The van der Waals surface area contributed by atoms with E-state index < -0.39 is 0 Å². The maximum Gasteiger partial charge on any atom is 0.225 e. The molecule has 0 aromatic carbocycles. The van der Waals surface area contributed by atoms with Crippen molar-refractivity contribution < 1.29 is 4.79 Å². The van der Waals surface area contributed by atoms with Gasteiger partial charge in [0.25, 0.3) is 0 Å². The Balaban J connectivity index is 3.70. The molecule has 3 N–H and O–H groups in total. The van der Waals surface area contributed by atoms with Crippen molar-refractivity contribution >= 4 is 23.1 Å².